The molecule has 2 aromatic carbocycles. The van der Waals surface area contributed by atoms with Gasteiger partial charge in [-0.3, -0.25) is 14.9 Å². The zero-order chi connectivity index (χ0) is 18.3. The van der Waals surface area contributed by atoms with E-state index in [1.165, 1.54) is 11.3 Å². The van der Waals surface area contributed by atoms with E-state index in [9.17, 15) is 9.59 Å². The number of benzene rings is 2. The summed E-state index contributed by atoms with van der Waals surface area (Å²) in [5, 5.41) is 7.74. The van der Waals surface area contributed by atoms with Crippen LogP contribution in [0.2, 0.25) is 0 Å². The Kier molecular flexibility index (Phi) is 3.93. The predicted octanol–water partition coefficient (Wildman–Crippen LogP) is 3.63. The number of furan rings is 1. The number of aryl methyl sites for hydroxylation is 1. The Morgan fingerprint density at radius 1 is 1.19 bits per heavy atom. The van der Waals surface area contributed by atoms with Crippen molar-refractivity contribution < 1.29 is 14.0 Å². The molecule has 2 aromatic heterocycles. The first-order valence-electron chi connectivity index (χ1n) is 7.98. The molecule has 0 aliphatic heterocycles. The van der Waals surface area contributed by atoms with Gasteiger partial charge in [0.1, 0.15) is 5.58 Å². The number of hydrogen-bond donors (Lipinski definition) is 2. The second kappa shape index (κ2) is 6.27. The second-order valence-corrected chi connectivity index (χ2v) is 6.82. The van der Waals surface area contributed by atoms with Crippen LogP contribution < -0.4 is 11.1 Å². The third kappa shape index (κ3) is 2.82. The maximum atomic E-state index is 12.6. The lowest BCUT2D eigenvalue weighted by molar-refractivity contribution is -0.117. The summed E-state index contributed by atoms with van der Waals surface area (Å²) in [5.74, 6) is -0.584. The van der Waals surface area contributed by atoms with Crippen molar-refractivity contribution >= 4 is 50.0 Å². The Balaban J connectivity index is 1.68. The Morgan fingerprint density at radius 2 is 2.00 bits per heavy atom. The van der Waals surface area contributed by atoms with Crippen LogP contribution in [-0.2, 0) is 11.2 Å². The summed E-state index contributed by atoms with van der Waals surface area (Å²) in [6, 6.07) is 11.8. The normalized spacial score (nSPS) is 11.1. The molecular formula is C19H15N3O3S. The average Bonchev–Trinajstić information content (AvgIpc) is 3.18. The number of carbonyl (C=O) groups excluding carboxylic acids is 2. The monoisotopic (exact) mass is 365 g/mol. The van der Waals surface area contributed by atoms with Crippen LogP contribution in [-0.4, -0.2) is 16.8 Å². The van der Waals surface area contributed by atoms with Crippen LogP contribution in [0.15, 0.2) is 46.2 Å². The fourth-order valence-corrected chi connectivity index (χ4v) is 3.65. The Bertz CT molecular complexity index is 1160. The van der Waals surface area contributed by atoms with Gasteiger partial charge in [-0.2, -0.15) is 0 Å². The van der Waals surface area contributed by atoms with E-state index in [1.54, 1.807) is 5.38 Å². The highest BCUT2D eigenvalue weighted by molar-refractivity contribution is 7.14. The van der Waals surface area contributed by atoms with E-state index in [0.717, 1.165) is 21.7 Å². The Labute approximate surface area is 152 Å². The van der Waals surface area contributed by atoms with Gasteiger partial charge in [0.05, 0.1) is 12.1 Å². The molecule has 4 aromatic rings. The number of nitrogens with one attached hydrogen (secondary N) is 1. The number of primary amides is 1. The molecule has 0 unspecified atom stereocenters. The minimum absolute atomic E-state index is 0.0437. The molecule has 26 heavy (non-hydrogen) atoms. The summed E-state index contributed by atoms with van der Waals surface area (Å²) in [6.45, 7) is 1.86. The minimum atomic E-state index is -0.465. The molecule has 0 bridgehead atoms. The fourth-order valence-electron chi connectivity index (χ4n) is 2.94. The van der Waals surface area contributed by atoms with E-state index in [4.69, 9.17) is 10.2 Å². The molecule has 6 nitrogen and oxygen atoms in total. The van der Waals surface area contributed by atoms with Crippen molar-refractivity contribution in [1.29, 1.82) is 0 Å². The number of nitrogens with zero attached hydrogens (tertiary/aromatic N) is 1. The Morgan fingerprint density at radius 3 is 2.81 bits per heavy atom. The SMILES string of the molecule is Cc1c(C(=O)Nc2nc(CC(N)=O)cs2)oc2c1ccc1ccccc12. The van der Waals surface area contributed by atoms with Crippen LogP contribution in [0.25, 0.3) is 21.7 Å². The van der Waals surface area contributed by atoms with E-state index >= 15 is 0 Å². The van der Waals surface area contributed by atoms with E-state index in [1.807, 2.05) is 43.3 Å². The predicted molar refractivity (Wildman–Crippen MR) is 101 cm³/mol. The molecular weight excluding hydrogens is 350 g/mol. The molecule has 0 atom stereocenters. The molecule has 4 rings (SSSR count). The average molecular weight is 365 g/mol. The zero-order valence-electron chi connectivity index (χ0n) is 13.9. The number of thiazole rings is 1. The third-order valence-corrected chi connectivity index (χ3v) is 4.97. The molecule has 7 heteroatoms. The van der Waals surface area contributed by atoms with Crippen molar-refractivity contribution in [2.24, 2.45) is 5.73 Å². The van der Waals surface area contributed by atoms with E-state index < -0.39 is 5.91 Å². The molecule has 0 spiro atoms. The highest BCUT2D eigenvalue weighted by Crippen LogP contribution is 2.32. The van der Waals surface area contributed by atoms with Crippen molar-refractivity contribution in [1.82, 2.24) is 4.98 Å². The van der Waals surface area contributed by atoms with Gasteiger partial charge in [0.25, 0.3) is 5.91 Å². The quantitative estimate of drug-likeness (QED) is 0.577. The molecule has 0 radical (unpaired) electrons. The molecule has 0 saturated carbocycles. The lowest BCUT2D eigenvalue weighted by atomic mass is 10.1. The van der Waals surface area contributed by atoms with Gasteiger partial charge >= 0.3 is 0 Å². The maximum absolute atomic E-state index is 12.6. The van der Waals surface area contributed by atoms with Gasteiger partial charge in [-0.1, -0.05) is 36.4 Å². The van der Waals surface area contributed by atoms with Crippen LogP contribution in [0.5, 0.6) is 0 Å². The number of amides is 2. The number of hydrogen-bond acceptors (Lipinski definition) is 5. The van der Waals surface area contributed by atoms with E-state index in [-0.39, 0.29) is 18.1 Å². The summed E-state index contributed by atoms with van der Waals surface area (Å²) >= 11 is 1.24. The number of aromatic nitrogens is 1. The number of fused-ring (bicyclic) bond motifs is 3. The van der Waals surface area contributed by atoms with Crippen molar-refractivity contribution in [2.45, 2.75) is 13.3 Å². The van der Waals surface area contributed by atoms with Crippen molar-refractivity contribution in [3.63, 3.8) is 0 Å². The summed E-state index contributed by atoms with van der Waals surface area (Å²) in [7, 11) is 0. The summed E-state index contributed by atoms with van der Waals surface area (Å²) < 4.78 is 5.91. The molecule has 2 amide bonds. The van der Waals surface area contributed by atoms with Gasteiger partial charge in [-0.25, -0.2) is 4.98 Å². The molecule has 0 saturated heterocycles. The summed E-state index contributed by atoms with van der Waals surface area (Å²) in [5.41, 5.74) is 7.16. The maximum Gasteiger partial charge on any atom is 0.293 e. The standard InChI is InChI=1S/C19H15N3O3S/c1-10-13-7-6-11-4-2-3-5-14(11)17(13)25-16(10)18(24)22-19-21-12(9-26-19)8-15(20)23/h2-7,9H,8H2,1H3,(H2,20,23)(H,21,22,24). The van der Waals surface area contributed by atoms with Crippen LogP contribution in [0.4, 0.5) is 5.13 Å². The van der Waals surface area contributed by atoms with Crippen molar-refractivity contribution in [2.75, 3.05) is 5.32 Å². The lowest BCUT2D eigenvalue weighted by Gasteiger charge is -1.99. The number of anilines is 1. The smallest absolute Gasteiger partial charge is 0.293 e. The molecule has 0 aliphatic rings. The topological polar surface area (TPSA) is 98.2 Å². The molecule has 2 heterocycles. The first kappa shape index (κ1) is 16.3. The van der Waals surface area contributed by atoms with Gasteiger partial charge < -0.3 is 10.2 Å². The van der Waals surface area contributed by atoms with Crippen LogP contribution in [0, 0.1) is 6.92 Å². The van der Waals surface area contributed by atoms with E-state index in [0.29, 0.717) is 16.4 Å². The van der Waals surface area contributed by atoms with Gasteiger partial charge in [0.2, 0.25) is 5.91 Å². The molecule has 0 fully saturated rings. The van der Waals surface area contributed by atoms with Gasteiger partial charge in [0, 0.05) is 21.7 Å². The summed E-state index contributed by atoms with van der Waals surface area (Å²) in [4.78, 5) is 27.8. The molecule has 130 valence electrons. The van der Waals surface area contributed by atoms with Gasteiger partial charge in [-0.15, -0.1) is 11.3 Å². The van der Waals surface area contributed by atoms with Crippen LogP contribution in [0.3, 0.4) is 0 Å². The third-order valence-electron chi connectivity index (χ3n) is 4.16. The molecule has 0 aliphatic carbocycles. The number of rotatable bonds is 4. The minimum Gasteiger partial charge on any atom is -0.450 e. The number of carbonyl (C=O) groups is 2. The van der Waals surface area contributed by atoms with Crippen molar-refractivity contribution in [3.05, 3.63) is 58.8 Å². The zero-order valence-corrected chi connectivity index (χ0v) is 14.7. The van der Waals surface area contributed by atoms with E-state index in [2.05, 4.69) is 10.3 Å². The first-order valence-corrected chi connectivity index (χ1v) is 8.86. The van der Waals surface area contributed by atoms with Gasteiger partial charge in [0.15, 0.2) is 10.9 Å². The number of nitrogens with two attached hydrogens (primary N) is 1. The fraction of sp³-hybridized carbons (Fsp3) is 0.105. The van der Waals surface area contributed by atoms with Crippen LogP contribution >= 0.6 is 11.3 Å². The lowest BCUT2D eigenvalue weighted by Crippen LogP contribution is -2.14. The van der Waals surface area contributed by atoms with Crippen molar-refractivity contribution in [3.8, 4) is 0 Å². The second-order valence-electron chi connectivity index (χ2n) is 5.96. The van der Waals surface area contributed by atoms with Crippen LogP contribution in [0.1, 0.15) is 21.8 Å². The largest absolute Gasteiger partial charge is 0.450 e. The Hall–Kier alpha value is -3.19. The highest BCUT2D eigenvalue weighted by Gasteiger charge is 2.20. The van der Waals surface area contributed by atoms with Gasteiger partial charge in [-0.05, 0) is 12.3 Å². The highest BCUT2D eigenvalue weighted by atomic mass is 32.1. The summed E-state index contributed by atoms with van der Waals surface area (Å²) in [6.07, 6.45) is 0.0437. The first-order chi connectivity index (χ1) is 12.5. The molecule has 3 N–H and O–H groups in total.